The molecule has 20 heavy (non-hydrogen) atoms. The first-order valence-electron chi connectivity index (χ1n) is 6.09. The summed E-state index contributed by atoms with van der Waals surface area (Å²) in [4.78, 5) is 15.0. The Morgan fingerprint density at radius 1 is 1.30 bits per heavy atom. The Labute approximate surface area is 121 Å². The molecule has 0 aliphatic heterocycles. The molecule has 5 heteroatoms. The van der Waals surface area contributed by atoms with E-state index in [1.54, 1.807) is 6.92 Å². The molecule has 2 rings (SSSR count). The number of carbonyl (C=O) groups is 1. The number of hydrogen-bond donors (Lipinski definition) is 2. The van der Waals surface area contributed by atoms with Crippen molar-refractivity contribution in [3.63, 3.8) is 0 Å². The fraction of sp³-hybridized carbons (Fsp3) is 0.200. The Balaban J connectivity index is 2.08. The number of aromatic nitrogens is 1. The van der Waals surface area contributed by atoms with Crippen molar-refractivity contribution in [3.8, 4) is 0 Å². The molecule has 1 heterocycles. The van der Waals surface area contributed by atoms with E-state index < -0.39 is 11.6 Å². The van der Waals surface area contributed by atoms with Crippen molar-refractivity contribution in [1.29, 1.82) is 0 Å². The molecule has 0 spiro atoms. The molecule has 0 amide bonds. The van der Waals surface area contributed by atoms with E-state index in [0.29, 0.717) is 10.8 Å². The van der Waals surface area contributed by atoms with Crippen LogP contribution in [0.2, 0.25) is 0 Å². The van der Waals surface area contributed by atoms with Gasteiger partial charge in [0.15, 0.2) is 0 Å². The number of aromatic carboxylic acids is 1. The first-order valence-corrected chi connectivity index (χ1v) is 7.08. The van der Waals surface area contributed by atoms with Crippen LogP contribution >= 0.6 is 11.8 Å². The van der Waals surface area contributed by atoms with Gasteiger partial charge in [0, 0.05) is 11.9 Å². The number of pyridine rings is 1. The molecule has 1 aromatic heterocycles. The number of nitrogens with zero attached hydrogens (tertiary/aromatic N) is 1. The SMILES string of the molecule is CC(O)(CSc1cc(C(=O)O)ccn1)c1ccccc1. The summed E-state index contributed by atoms with van der Waals surface area (Å²) < 4.78 is 0. The van der Waals surface area contributed by atoms with Crippen LogP contribution in [0, 0.1) is 0 Å². The van der Waals surface area contributed by atoms with Gasteiger partial charge in [-0.25, -0.2) is 9.78 Å². The molecule has 0 aliphatic rings. The number of benzene rings is 1. The number of carboxylic acid groups (broad SMARTS) is 1. The molecule has 0 bridgehead atoms. The molecule has 4 nitrogen and oxygen atoms in total. The summed E-state index contributed by atoms with van der Waals surface area (Å²) in [6.45, 7) is 1.73. The van der Waals surface area contributed by atoms with E-state index in [0.717, 1.165) is 5.56 Å². The molecule has 2 aromatic rings. The van der Waals surface area contributed by atoms with Crippen LogP contribution in [-0.2, 0) is 5.60 Å². The van der Waals surface area contributed by atoms with E-state index in [4.69, 9.17) is 5.11 Å². The minimum Gasteiger partial charge on any atom is -0.478 e. The molecule has 1 unspecified atom stereocenters. The second-order valence-corrected chi connectivity index (χ2v) is 5.61. The average Bonchev–Trinajstić information content (AvgIpc) is 2.46. The number of carboxylic acids is 1. The minimum atomic E-state index is -0.993. The predicted molar refractivity (Wildman–Crippen MR) is 77.9 cm³/mol. The number of rotatable bonds is 5. The highest BCUT2D eigenvalue weighted by Gasteiger charge is 2.23. The summed E-state index contributed by atoms with van der Waals surface area (Å²) in [5, 5.41) is 20.0. The Morgan fingerprint density at radius 2 is 2.00 bits per heavy atom. The zero-order valence-corrected chi connectivity index (χ0v) is 11.8. The smallest absolute Gasteiger partial charge is 0.335 e. The van der Waals surface area contributed by atoms with Crippen LogP contribution < -0.4 is 0 Å². The van der Waals surface area contributed by atoms with Gasteiger partial charge in [0.25, 0.3) is 0 Å². The molecule has 0 saturated heterocycles. The highest BCUT2D eigenvalue weighted by Crippen LogP contribution is 2.28. The van der Waals surface area contributed by atoms with Gasteiger partial charge in [0.05, 0.1) is 16.2 Å². The quantitative estimate of drug-likeness (QED) is 0.828. The summed E-state index contributed by atoms with van der Waals surface area (Å²) in [7, 11) is 0. The van der Waals surface area contributed by atoms with E-state index in [9.17, 15) is 9.90 Å². The van der Waals surface area contributed by atoms with E-state index in [2.05, 4.69) is 4.98 Å². The third-order valence-corrected chi connectivity index (χ3v) is 4.10. The predicted octanol–water partition coefficient (Wildman–Crippen LogP) is 2.78. The minimum absolute atomic E-state index is 0.196. The van der Waals surface area contributed by atoms with Gasteiger partial charge in [-0.15, -0.1) is 11.8 Å². The van der Waals surface area contributed by atoms with Crippen LogP contribution in [0.4, 0.5) is 0 Å². The maximum absolute atomic E-state index is 10.9. The van der Waals surface area contributed by atoms with Crippen LogP contribution in [-0.4, -0.2) is 26.9 Å². The van der Waals surface area contributed by atoms with Crippen molar-refractivity contribution in [2.24, 2.45) is 0 Å². The van der Waals surface area contributed by atoms with Crippen molar-refractivity contribution in [1.82, 2.24) is 4.98 Å². The van der Waals surface area contributed by atoms with E-state index >= 15 is 0 Å². The van der Waals surface area contributed by atoms with Gasteiger partial charge in [-0.05, 0) is 24.6 Å². The molecule has 2 N–H and O–H groups in total. The van der Waals surface area contributed by atoms with E-state index in [1.807, 2.05) is 30.3 Å². The molecule has 104 valence electrons. The lowest BCUT2D eigenvalue weighted by Gasteiger charge is -2.23. The lowest BCUT2D eigenvalue weighted by molar-refractivity contribution is 0.0696. The first-order chi connectivity index (χ1) is 9.49. The Hall–Kier alpha value is -1.85. The second-order valence-electron chi connectivity index (χ2n) is 4.62. The number of thioether (sulfide) groups is 1. The fourth-order valence-corrected chi connectivity index (χ4v) is 2.66. The normalized spacial score (nSPS) is 13.7. The summed E-state index contributed by atoms with van der Waals surface area (Å²) in [5.74, 6) is -0.586. The van der Waals surface area contributed by atoms with Crippen LogP contribution in [0.25, 0.3) is 0 Å². The second kappa shape index (κ2) is 6.07. The van der Waals surface area contributed by atoms with Crippen molar-refractivity contribution in [2.75, 3.05) is 5.75 Å². The average molecular weight is 289 g/mol. The van der Waals surface area contributed by atoms with Gasteiger partial charge in [0.2, 0.25) is 0 Å². The van der Waals surface area contributed by atoms with Gasteiger partial charge in [-0.1, -0.05) is 30.3 Å². The highest BCUT2D eigenvalue weighted by atomic mass is 32.2. The first kappa shape index (κ1) is 14.6. The topological polar surface area (TPSA) is 70.4 Å². The molecule has 0 radical (unpaired) electrons. The van der Waals surface area contributed by atoms with Crippen LogP contribution in [0.1, 0.15) is 22.8 Å². The third-order valence-electron chi connectivity index (χ3n) is 2.88. The van der Waals surface area contributed by atoms with Crippen molar-refractivity contribution in [2.45, 2.75) is 17.6 Å². The largest absolute Gasteiger partial charge is 0.478 e. The molecular formula is C15H15NO3S. The lowest BCUT2D eigenvalue weighted by Crippen LogP contribution is -2.24. The van der Waals surface area contributed by atoms with Gasteiger partial charge in [0.1, 0.15) is 0 Å². The van der Waals surface area contributed by atoms with Crippen LogP contribution in [0.5, 0.6) is 0 Å². The lowest BCUT2D eigenvalue weighted by atomic mass is 9.99. The fourth-order valence-electron chi connectivity index (χ4n) is 1.72. The standard InChI is InChI=1S/C15H15NO3S/c1-15(19,12-5-3-2-4-6-12)10-20-13-9-11(14(17)18)7-8-16-13/h2-9,19H,10H2,1H3,(H,17,18). The maximum Gasteiger partial charge on any atom is 0.335 e. The number of aliphatic hydroxyl groups is 1. The Kier molecular flexibility index (Phi) is 4.42. The molecule has 0 aliphatic carbocycles. The van der Waals surface area contributed by atoms with E-state index in [-0.39, 0.29) is 5.56 Å². The van der Waals surface area contributed by atoms with Crippen molar-refractivity contribution >= 4 is 17.7 Å². The van der Waals surface area contributed by atoms with Crippen LogP contribution in [0.3, 0.4) is 0 Å². The monoisotopic (exact) mass is 289 g/mol. The molecule has 1 atom stereocenters. The number of hydrogen-bond acceptors (Lipinski definition) is 4. The van der Waals surface area contributed by atoms with Crippen molar-refractivity contribution in [3.05, 3.63) is 59.8 Å². The summed E-state index contributed by atoms with van der Waals surface area (Å²) >= 11 is 1.33. The molecule has 1 aromatic carbocycles. The third kappa shape index (κ3) is 3.59. The van der Waals surface area contributed by atoms with Gasteiger partial charge >= 0.3 is 5.97 Å². The highest BCUT2D eigenvalue weighted by molar-refractivity contribution is 7.99. The summed E-state index contributed by atoms with van der Waals surface area (Å²) in [6, 6.07) is 12.3. The van der Waals surface area contributed by atoms with Gasteiger partial charge in [-0.3, -0.25) is 0 Å². The molecule has 0 fully saturated rings. The Morgan fingerprint density at radius 3 is 2.65 bits per heavy atom. The zero-order valence-electron chi connectivity index (χ0n) is 11.0. The van der Waals surface area contributed by atoms with Gasteiger partial charge < -0.3 is 10.2 Å². The molecule has 0 saturated carbocycles. The summed E-state index contributed by atoms with van der Waals surface area (Å²) in [5.41, 5.74) is 0.0241. The molecular weight excluding hydrogens is 274 g/mol. The maximum atomic E-state index is 10.9. The van der Waals surface area contributed by atoms with Crippen LogP contribution in [0.15, 0.2) is 53.7 Å². The van der Waals surface area contributed by atoms with Gasteiger partial charge in [-0.2, -0.15) is 0 Å². The van der Waals surface area contributed by atoms with E-state index in [1.165, 1.54) is 30.1 Å². The summed E-state index contributed by atoms with van der Waals surface area (Å²) in [6.07, 6.45) is 1.46. The zero-order chi connectivity index (χ0) is 14.6. The Bertz CT molecular complexity index is 599. The van der Waals surface area contributed by atoms with Crippen molar-refractivity contribution < 1.29 is 15.0 Å².